The van der Waals surface area contributed by atoms with Crippen molar-refractivity contribution in [2.75, 3.05) is 5.75 Å². The highest BCUT2D eigenvalue weighted by Crippen LogP contribution is 2.43. The third-order valence-electron chi connectivity index (χ3n) is 5.76. The van der Waals surface area contributed by atoms with Crippen LogP contribution in [0.25, 0.3) is 0 Å². The molecular weight excluding hydrogens is 298 g/mol. The summed E-state index contributed by atoms with van der Waals surface area (Å²) < 4.78 is 0. The van der Waals surface area contributed by atoms with E-state index in [1.165, 1.54) is 50.7 Å². The first kappa shape index (κ1) is 19.1. The van der Waals surface area contributed by atoms with Gasteiger partial charge >= 0.3 is 0 Å². The topological polar surface area (TPSA) is 26.0 Å². The molecule has 2 unspecified atom stereocenters. The third kappa shape index (κ3) is 4.89. The molecular formula is C21H37NS. The van der Waals surface area contributed by atoms with Crippen LogP contribution in [0.2, 0.25) is 0 Å². The van der Waals surface area contributed by atoms with Crippen LogP contribution < -0.4 is 5.73 Å². The molecule has 2 N–H and O–H groups in total. The molecule has 132 valence electrons. The Bertz CT molecular complexity index is 426. The molecule has 0 spiro atoms. The molecule has 0 aliphatic heterocycles. The lowest BCUT2D eigenvalue weighted by molar-refractivity contribution is 0.408. The Morgan fingerprint density at radius 3 is 2.39 bits per heavy atom. The summed E-state index contributed by atoms with van der Waals surface area (Å²) in [5, 5.41) is 0.767. The Morgan fingerprint density at radius 2 is 1.74 bits per heavy atom. The minimum atomic E-state index is 0.354. The van der Waals surface area contributed by atoms with Crippen molar-refractivity contribution in [3.05, 3.63) is 23.3 Å². The second-order valence-electron chi connectivity index (χ2n) is 7.52. The highest BCUT2D eigenvalue weighted by molar-refractivity contribution is 8.00. The first-order valence-electron chi connectivity index (χ1n) is 9.92. The number of hydrogen-bond donors (Lipinski definition) is 1. The van der Waals surface area contributed by atoms with E-state index >= 15 is 0 Å². The molecule has 1 nitrogen and oxygen atoms in total. The molecule has 0 bridgehead atoms. The van der Waals surface area contributed by atoms with Gasteiger partial charge in [0, 0.05) is 17.0 Å². The van der Waals surface area contributed by atoms with Crippen molar-refractivity contribution in [1.82, 2.24) is 0 Å². The van der Waals surface area contributed by atoms with Crippen LogP contribution in [0.15, 0.2) is 23.3 Å². The molecule has 0 fully saturated rings. The minimum Gasteiger partial charge on any atom is -0.324 e. The average Bonchev–Trinajstić information content (AvgIpc) is 2.60. The molecule has 0 saturated heterocycles. The van der Waals surface area contributed by atoms with Crippen LogP contribution in [0.3, 0.4) is 0 Å². The summed E-state index contributed by atoms with van der Waals surface area (Å²) in [5.41, 5.74) is 9.87. The fourth-order valence-corrected chi connectivity index (χ4v) is 5.90. The zero-order valence-corrected chi connectivity index (χ0v) is 16.5. The van der Waals surface area contributed by atoms with Crippen molar-refractivity contribution in [2.24, 2.45) is 23.5 Å². The maximum atomic E-state index is 6.47. The van der Waals surface area contributed by atoms with Crippen LogP contribution in [-0.4, -0.2) is 17.0 Å². The fourth-order valence-electron chi connectivity index (χ4n) is 4.23. The molecule has 0 radical (unpaired) electrons. The molecule has 0 aromatic carbocycles. The van der Waals surface area contributed by atoms with Crippen LogP contribution in [0.1, 0.15) is 72.6 Å². The predicted octanol–water partition coefficient (Wildman–Crippen LogP) is 5.95. The van der Waals surface area contributed by atoms with E-state index in [1.54, 1.807) is 11.1 Å². The molecule has 0 aromatic rings. The summed E-state index contributed by atoms with van der Waals surface area (Å²) in [6.45, 7) is 8.70. The van der Waals surface area contributed by atoms with E-state index in [0.717, 1.165) is 17.1 Å². The number of nitrogens with two attached hydrogens (primary N) is 1. The van der Waals surface area contributed by atoms with Crippen LogP contribution in [0, 0.1) is 17.8 Å². The number of hydrogen-bond acceptors (Lipinski definition) is 2. The van der Waals surface area contributed by atoms with Gasteiger partial charge in [0.2, 0.25) is 0 Å². The summed E-state index contributed by atoms with van der Waals surface area (Å²) >= 11 is 2.23. The van der Waals surface area contributed by atoms with E-state index in [1.807, 2.05) is 13.8 Å². The molecule has 3 rings (SSSR count). The Balaban J connectivity index is 0.000000924. The van der Waals surface area contributed by atoms with Gasteiger partial charge in [-0.3, -0.25) is 0 Å². The van der Waals surface area contributed by atoms with Crippen LogP contribution in [0.4, 0.5) is 0 Å². The number of thioether (sulfide) groups is 1. The highest BCUT2D eigenvalue weighted by Gasteiger charge is 2.34. The summed E-state index contributed by atoms with van der Waals surface area (Å²) in [6, 6.07) is 0.354. The molecule has 0 aromatic heterocycles. The standard InChI is InChI=1S/C19H31NS.C2H6/c1-13-7-9-15(10-8-13)12-21-18-11-14(2)19(20)17-6-4-3-5-16(17)18;1-2/h7,9,13-15,18-19H,3-6,8,10-12,20H2,1-2H3;1-2H3/t13?,14-,15+,18+,19?;/m0./s1. The van der Waals surface area contributed by atoms with Crippen molar-refractivity contribution < 1.29 is 0 Å². The van der Waals surface area contributed by atoms with Gasteiger partial charge in [0.1, 0.15) is 0 Å². The maximum absolute atomic E-state index is 6.47. The first-order valence-corrected chi connectivity index (χ1v) is 11.0. The van der Waals surface area contributed by atoms with Gasteiger partial charge in [0.15, 0.2) is 0 Å². The van der Waals surface area contributed by atoms with E-state index in [-0.39, 0.29) is 0 Å². The van der Waals surface area contributed by atoms with Gasteiger partial charge in [0.05, 0.1) is 0 Å². The predicted molar refractivity (Wildman–Crippen MR) is 106 cm³/mol. The molecule has 3 aliphatic carbocycles. The summed E-state index contributed by atoms with van der Waals surface area (Å²) in [5.74, 6) is 3.59. The summed E-state index contributed by atoms with van der Waals surface area (Å²) in [4.78, 5) is 0. The van der Waals surface area contributed by atoms with E-state index in [4.69, 9.17) is 5.73 Å². The Hall–Kier alpha value is -0.210. The third-order valence-corrected chi connectivity index (χ3v) is 7.26. The van der Waals surface area contributed by atoms with Gasteiger partial charge in [0.25, 0.3) is 0 Å². The van der Waals surface area contributed by atoms with Gasteiger partial charge in [-0.2, -0.15) is 11.8 Å². The molecule has 23 heavy (non-hydrogen) atoms. The monoisotopic (exact) mass is 335 g/mol. The second-order valence-corrected chi connectivity index (χ2v) is 8.75. The zero-order chi connectivity index (χ0) is 16.8. The van der Waals surface area contributed by atoms with Crippen LogP contribution in [-0.2, 0) is 0 Å². The molecule has 0 heterocycles. The van der Waals surface area contributed by atoms with E-state index in [0.29, 0.717) is 12.0 Å². The Labute approximate surface area is 148 Å². The quantitative estimate of drug-likeness (QED) is 0.644. The fraction of sp³-hybridized carbons (Fsp3) is 0.810. The van der Waals surface area contributed by atoms with E-state index < -0.39 is 0 Å². The minimum absolute atomic E-state index is 0.354. The lowest BCUT2D eigenvalue weighted by Gasteiger charge is -2.39. The van der Waals surface area contributed by atoms with E-state index in [2.05, 4.69) is 37.8 Å². The largest absolute Gasteiger partial charge is 0.324 e. The number of allylic oxidation sites excluding steroid dienone is 2. The van der Waals surface area contributed by atoms with Gasteiger partial charge in [-0.15, -0.1) is 0 Å². The van der Waals surface area contributed by atoms with Crippen molar-refractivity contribution in [2.45, 2.75) is 83.9 Å². The SMILES string of the molecule is CC.CC1C=C[C@@H](CS[C@@H]2C[C@H](C)C(N)C3=C2CCCC3)CC1. The first-order chi connectivity index (χ1) is 11.1. The molecule has 0 amide bonds. The Kier molecular flexibility index (Phi) is 7.75. The summed E-state index contributed by atoms with van der Waals surface area (Å²) in [6.07, 6.45) is 14.3. The molecule has 2 heteroatoms. The van der Waals surface area contributed by atoms with Gasteiger partial charge < -0.3 is 5.73 Å². The molecule has 3 aliphatic rings. The van der Waals surface area contributed by atoms with Crippen molar-refractivity contribution in [1.29, 1.82) is 0 Å². The van der Waals surface area contributed by atoms with Gasteiger partial charge in [-0.05, 0) is 62.7 Å². The normalized spacial score (nSPS) is 37.0. The lowest BCUT2D eigenvalue weighted by Crippen LogP contribution is -2.39. The van der Waals surface area contributed by atoms with E-state index in [9.17, 15) is 0 Å². The van der Waals surface area contributed by atoms with Gasteiger partial charge in [-0.1, -0.05) is 51.0 Å². The second kappa shape index (κ2) is 9.32. The molecule has 0 saturated carbocycles. The lowest BCUT2D eigenvalue weighted by atomic mass is 9.75. The van der Waals surface area contributed by atoms with Crippen molar-refractivity contribution in [3.63, 3.8) is 0 Å². The average molecular weight is 336 g/mol. The van der Waals surface area contributed by atoms with Gasteiger partial charge in [-0.25, -0.2) is 0 Å². The molecule has 5 atom stereocenters. The number of rotatable bonds is 3. The zero-order valence-electron chi connectivity index (χ0n) is 15.7. The smallest absolute Gasteiger partial charge is 0.0283 e. The summed E-state index contributed by atoms with van der Waals surface area (Å²) in [7, 11) is 0. The highest BCUT2D eigenvalue weighted by atomic mass is 32.2. The van der Waals surface area contributed by atoms with Crippen molar-refractivity contribution >= 4 is 11.8 Å². The van der Waals surface area contributed by atoms with Crippen LogP contribution in [0.5, 0.6) is 0 Å². The van der Waals surface area contributed by atoms with Crippen molar-refractivity contribution in [3.8, 4) is 0 Å². The maximum Gasteiger partial charge on any atom is 0.0283 e. The Morgan fingerprint density at radius 1 is 1.04 bits per heavy atom. The van der Waals surface area contributed by atoms with Crippen LogP contribution >= 0.6 is 11.8 Å².